The number of hydrogen-bond acceptors (Lipinski definition) is 5. The zero-order valence-corrected chi connectivity index (χ0v) is 13.3. The van der Waals surface area contributed by atoms with E-state index in [1.807, 2.05) is 29.3 Å². The number of ether oxygens (including phenoxy) is 1. The van der Waals surface area contributed by atoms with Crippen molar-refractivity contribution >= 4 is 23.2 Å². The number of nitrogens with zero attached hydrogens (tertiary/aromatic N) is 1. The van der Waals surface area contributed by atoms with Crippen LogP contribution >= 0.6 is 11.3 Å². The van der Waals surface area contributed by atoms with E-state index in [1.165, 1.54) is 7.11 Å². The fraction of sp³-hybridized carbons (Fsp3) is 0.600. The molecule has 0 aliphatic carbocycles. The number of thiophene rings is 1. The van der Waals surface area contributed by atoms with E-state index in [1.54, 1.807) is 11.3 Å². The predicted octanol–water partition coefficient (Wildman–Crippen LogP) is 1.95. The Morgan fingerprint density at radius 2 is 2.33 bits per heavy atom. The maximum atomic E-state index is 12.2. The van der Waals surface area contributed by atoms with Gasteiger partial charge in [-0.2, -0.15) is 0 Å². The summed E-state index contributed by atoms with van der Waals surface area (Å²) in [6.07, 6.45) is 2.78. The molecule has 1 aliphatic rings. The lowest BCUT2D eigenvalue weighted by Gasteiger charge is -2.33. The van der Waals surface area contributed by atoms with Crippen molar-refractivity contribution in [1.82, 2.24) is 10.2 Å². The summed E-state index contributed by atoms with van der Waals surface area (Å²) in [5.41, 5.74) is 0. The van der Waals surface area contributed by atoms with Gasteiger partial charge in [-0.15, -0.1) is 11.3 Å². The van der Waals surface area contributed by atoms with Gasteiger partial charge in [-0.3, -0.25) is 14.5 Å². The van der Waals surface area contributed by atoms with E-state index in [4.69, 9.17) is 4.74 Å². The first-order valence-electron chi connectivity index (χ1n) is 7.26. The van der Waals surface area contributed by atoms with Crippen molar-refractivity contribution in [2.45, 2.75) is 38.3 Å². The molecule has 2 atom stereocenters. The number of carbonyl (C=O) groups is 2. The van der Waals surface area contributed by atoms with Gasteiger partial charge < -0.3 is 10.1 Å². The molecule has 1 aliphatic heterocycles. The molecule has 1 aromatic rings. The third-order valence-corrected chi connectivity index (χ3v) is 4.84. The molecule has 116 valence electrons. The number of likely N-dealkylation sites (tertiary alicyclic amines) is 1. The minimum absolute atomic E-state index is 0.00105. The minimum atomic E-state index is -0.286. The lowest BCUT2D eigenvalue weighted by Crippen LogP contribution is -2.49. The van der Waals surface area contributed by atoms with E-state index < -0.39 is 0 Å². The molecule has 0 aromatic carbocycles. The molecular formula is C15H22N2O3S. The molecule has 0 radical (unpaired) electrons. The summed E-state index contributed by atoms with van der Waals surface area (Å²) in [6.45, 7) is 2.98. The number of amides is 1. The molecule has 0 spiro atoms. The van der Waals surface area contributed by atoms with Gasteiger partial charge in [0.05, 0.1) is 19.7 Å². The second kappa shape index (κ2) is 7.56. The first-order valence-corrected chi connectivity index (χ1v) is 8.14. The van der Waals surface area contributed by atoms with Crippen LogP contribution in [0.3, 0.4) is 0 Å². The molecule has 1 N–H and O–H groups in total. The molecule has 2 rings (SSSR count). The van der Waals surface area contributed by atoms with Crippen LogP contribution in [0.4, 0.5) is 0 Å². The summed E-state index contributed by atoms with van der Waals surface area (Å²) in [4.78, 5) is 27.0. The van der Waals surface area contributed by atoms with Gasteiger partial charge in [0.2, 0.25) is 5.91 Å². The van der Waals surface area contributed by atoms with Crippen LogP contribution in [-0.2, 0) is 14.3 Å². The highest BCUT2D eigenvalue weighted by Crippen LogP contribution is 2.20. The Kier molecular flexibility index (Phi) is 5.76. The fourth-order valence-electron chi connectivity index (χ4n) is 2.66. The average molecular weight is 310 g/mol. The zero-order valence-electron chi connectivity index (χ0n) is 12.5. The maximum absolute atomic E-state index is 12.2. The van der Waals surface area contributed by atoms with Gasteiger partial charge in [-0.1, -0.05) is 12.5 Å². The predicted molar refractivity (Wildman–Crippen MR) is 82.1 cm³/mol. The Bertz CT molecular complexity index is 475. The van der Waals surface area contributed by atoms with Gasteiger partial charge in [-0.25, -0.2) is 0 Å². The molecule has 1 fully saturated rings. The zero-order chi connectivity index (χ0) is 15.2. The number of piperidine rings is 1. The smallest absolute Gasteiger partial charge is 0.323 e. The van der Waals surface area contributed by atoms with E-state index >= 15 is 0 Å². The highest BCUT2D eigenvalue weighted by Gasteiger charge is 2.30. The highest BCUT2D eigenvalue weighted by atomic mass is 32.1. The third-order valence-electron chi connectivity index (χ3n) is 3.78. The lowest BCUT2D eigenvalue weighted by atomic mass is 10.0. The Balaban J connectivity index is 1.89. The van der Waals surface area contributed by atoms with Crippen molar-refractivity contribution in [2.75, 3.05) is 20.2 Å². The number of nitrogens with one attached hydrogen (secondary N) is 1. The molecular weight excluding hydrogens is 288 g/mol. The first kappa shape index (κ1) is 16.0. The van der Waals surface area contributed by atoms with E-state index in [0.717, 1.165) is 30.7 Å². The molecule has 2 unspecified atom stereocenters. The molecule has 2 heterocycles. The number of esters is 1. The van der Waals surface area contributed by atoms with Crippen molar-refractivity contribution in [3.05, 3.63) is 22.4 Å². The van der Waals surface area contributed by atoms with Crippen LogP contribution in [0.25, 0.3) is 0 Å². The summed E-state index contributed by atoms with van der Waals surface area (Å²) in [5.74, 6) is -0.291. The van der Waals surface area contributed by atoms with Crippen molar-refractivity contribution in [3.8, 4) is 0 Å². The first-order chi connectivity index (χ1) is 10.1. The van der Waals surface area contributed by atoms with Crippen molar-refractivity contribution in [2.24, 2.45) is 0 Å². The normalized spacial score (nSPS) is 20.8. The largest absolute Gasteiger partial charge is 0.468 e. The molecule has 0 saturated carbocycles. The van der Waals surface area contributed by atoms with Gasteiger partial charge >= 0.3 is 5.97 Å². The van der Waals surface area contributed by atoms with E-state index in [9.17, 15) is 9.59 Å². The molecule has 21 heavy (non-hydrogen) atoms. The van der Waals surface area contributed by atoms with Gasteiger partial charge in [0.15, 0.2) is 0 Å². The SMILES string of the molecule is COC(=O)C1CCCCN1CC(=O)NC(C)c1cccs1. The summed E-state index contributed by atoms with van der Waals surface area (Å²) < 4.78 is 4.83. The molecule has 1 amide bonds. The number of rotatable bonds is 5. The monoisotopic (exact) mass is 310 g/mol. The molecule has 1 saturated heterocycles. The second-order valence-electron chi connectivity index (χ2n) is 5.31. The van der Waals surface area contributed by atoms with Crippen LogP contribution in [0.2, 0.25) is 0 Å². The summed E-state index contributed by atoms with van der Waals surface area (Å²) >= 11 is 1.63. The Morgan fingerprint density at radius 3 is 3.00 bits per heavy atom. The topological polar surface area (TPSA) is 58.6 Å². The lowest BCUT2D eigenvalue weighted by molar-refractivity contribution is -0.148. The van der Waals surface area contributed by atoms with Gasteiger partial charge in [0.25, 0.3) is 0 Å². The Morgan fingerprint density at radius 1 is 1.52 bits per heavy atom. The summed E-state index contributed by atoms with van der Waals surface area (Å²) in [5, 5.41) is 4.98. The van der Waals surface area contributed by atoms with Crippen LogP contribution in [-0.4, -0.2) is 43.0 Å². The quantitative estimate of drug-likeness (QED) is 0.845. The van der Waals surface area contributed by atoms with Crippen LogP contribution in [0.5, 0.6) is 0 Å². The van der Waals surface area contributed by atoms with Crippen LogP contribution in [0.15, 0.2) is 17.5 Å². The molecule has 6 heteroatoms. The molecule has 5 nitrogen and oxygen atoms in total. The number of methoxy groups -OCH3 is 1. The van der Waals surface area contributed by atoms with E-state index in [2.05, 4.69) is 5.32 Å². The standard InChI is InChI=1S/C15H22N2O3S/c1-11(13-7-5-9-21-13)16-14(18)10-17-8-4-3-6-12(17)15(19)20-2/h5,7,9,11-12H,3-4,6,8,10H2,1-2H3,(H,16,18). The average Bonchev–Trinajstić information content (AvgIpc) is 3.01. The molecule has 1 aromatic heterocycles. The molecule has 0 bridgehead atoms. The highest BCUT2D eigenvalue weighted by molar-refractivity contribution is 7.10. The van der Waals surface area contributed by atoms with Gasteiger partial charge in [-0.05, 0) is 37.8 Å². The van der Waals surface area contributed by atoms with Gasteiger partial charge in [0.1, 0.15) is 6.04 Å². The van der Waals surface area contributed by atoms with Gasteiger partial charge in [0, 0.05) is 4.88 Å². The number of hydrogen-bond donors (Lipinski definition) is 1. The van der Waals surface area contributed by atoms with Crippen molar-refractivity contribution in [3.63, 3.8) is 0 Å². The minimum Gasteiger partial charge on any atom is -0.468 e. The van der Waals surface area contributed by atoms with Crippen LogP contribution in [0, 0.1) is 0 Å². The summed E-state index contributed by atoms with van der Waals surface area (Å²) in [7, 11) is 1.40. The Labute approximate surface area is 129 Å². The number of carbonyl (C=O) groups excluding carboxylic acids is 2. The van der Waals surface area contributed by atoms with Crippen LogP contribution in [0.1, 0.15) is 37.1 Å². The van der Waals surface area contributed by atoms with E-state index in [-0.39, 0.29) is 30.5 Å². The second-order valence-corrected chi connectivity index (χ2v) is 6.29. The van der Waals surface area contributed by atoms with Crippen molar-refractivity contribution in [1.29, 1.82) is 0 Å². The summed E-state index contributed by atoms with van der Waals surface area (Å²) in [6, 6.07) is 3.69. The fourth-order valence-corrected chi connectivity index (χ4v) is 3.40. The maximum Gasteiger partial charge on any atom is 0.323 e. The van der Waals surface area contributed by atoms with Crippen molar-refractivity contribution < 1.29 is 14.3 Å². The Hall–Kier alpha value is -1.40. The van der Waals surface area contributed by atoms with Crippen LogP contribution < -0.4 is 5.32 Å². The van der Waals surface area contributed by atoms with E-state index in [0.29, 0.717) is 0 Å². The third kappa shape index (κ3) is 4.28.